The fourth-order valence-electron chi connectivity index (χ4n) is 1.83. The maximum absolute atomic E-state index is 6.14. The first-order chi connectivity index (χ1) is 8.59. The normalized spacial score (nSPS) is 10.7. The van der Waals surface area contributed by atoms with E-state index in [0.29, 0.717) is 5.15 Å². The standard InChI is InChI=1S/C14H16ClN3/c1-9(2)12-13(15)16-8-17-14(12)18-11-7-5-4-6-10(11)3/h4-9H,1-3H3,(H,16,17,18). The molecule has 18 heavy (non-hydrogen) atoms. The maximum Gasteiger partial charge on any atom is 0.138 e. The minimum absolute atomic E-state index is 0.269. The Morgan fingerprint density at radius 1 is 1.17 bits per heavy atom. The maximum atomic E-state index is 6.14. The zero-order valence-electron chi connectivity index (χ0n) is 10.7. The summed E-state index contributed by atoms with van der Waals surface area (Å²) in [5, 5.41) is 3.84. The van der Waals surface area contributed by atoms with Crippen LogP contribution in [0.5, 0.6) is 0 Å². The first-order valence-electron chi connectivity index (χ1n) is 5.92. The highest BCUT2D eigenvalue weighted by molar-refractivity contribution is 6.30. The molecule has 3 nitrogen and oxygen atoms in total. The van der Waals surface area contributed by atoms with Crippen molar-refractivity contribution in [1.82, 2.24) is 9.97 Å². The molecule has 2 aromatic rings. The van der Waals surface area contributed by atoms with Gasteiger partial charge in [0.25, 0.3) is 0 Å². The van der Waals surface area contributed by atoms with E-state index in [-0.39, 0.29) is 5.92 Å². The predicted molar refractivity (Wildman–Crippen MR) is 75.6 cm³/mol. The van der Waals surface area contributed by atoms with Gasteiger partial charge in [0.1, 0.15) is 17.3 Å². The molecule has 0 aliphatic rings. The van der Waals surface area contributed by atoms with Gasteiger partial charge >= 0.3 is 0 Å². The second kappa shape index (κ2) is 5.36. The molecule has 0 radical (unpaired) electrons. The molecule has 0 saturated carbocycles. The van der Waals surface area contributed by atoms with Crippen LogP contribution in [0.25, 0.3) is 0 Å². The van der Waals surface area contributed by atoms with Gasteiger partial charge in [-0.3, -0.25) is 0 Å². The molecule has 0 aliphatic heterocycles. The molecule has 1 heterocycles. The number of hydrogen-bond acceptors (Lipinski definition) is 3. The summed E-state index contributed by atoms with van der Waals surface area (Å²) < 4.78 is 0. The van der Waals surface area contributed by atoms with E-state index in [1.165, 1.54) is 11.9 Å². The monoisotopic (exact) mass is 261 g/mol. The SMILES string of the molecule is Cc1ccccc1Nc1ncnc(Cl)c1C(C)C. The Balaban J connectivity index is 2.41. The minimum Gasteiger partial charge on any atom is -0.340 e. The highest BCUT2D eigenvalue weighted by Gasteiger charge is 2.13. The number of rotatable bonds is 3. The van der Waals surface area contributed by atoms with Gasteiger partial charge in [-0.05, 0) is 24.5 Å². The Hall–Kier alpha value is -1.61. The quantitative estimate of drug-likeness (QED) is 0.837. The molecule has 1 aromatic heterocycles. The van der Waals surface area contributed by atoms with Crippen molar-refractivity contribution in [2.24, 2.45) is 0 Å². The molecule has 0 spiro atoms. The molecular formula is C14H16ClN3. The van der Waals surface area contributed by atoms with Crippen LogP contribution in [0, 0.1) is 6.92 Å². The second-order valence-corrected chi connectivity index (χ2v) is 4.88. The summed E-state index contributed by atoms with van der Waals surface area (Å²) in [6.45, 7) is 6.21. The van der Waals surface area contributed by atoms with Gasteiger partial charge in [0.2, 0.25) is 0 Å². The fourth-order valence-corrected chi connectivity index (χ4v) is 2.18. The number of halogens is 1. The van der Waals surface area contributed by atoms with E-state index in [1.54, 1.807) is 0 Å². The Kier molecular flexibility index (Phi) is 3.82. The van der Waals surface area contributed by atoms with Crippen molar-refractivity contribution in [3.63, 3.8) is 0 Å². The van der Waals surface area contributed by atoms with E-state index in [1.807, 2.05) is 18.2 Å². The van der Waals surface area contributed by atoms with Crippen LogP contribution in [0.15, 0.2) is 30.6 Å². The van der Waals surface area contributed by atoms with Gasteiger partial charge in [-0.2, -0.15) is 0 Å². The van der Waals surface area contributed by atoms with Crippen LogP contribution in [-0.4, -0.2) is 9.97 Å². The molecule has 0 saturated heterocycles. The molecular weight excluding hydrogens is 246 g/mol. The molecule has 0 aliphatic carbocycles. The number of hydrogen-bond donors (Lipinski definition) is 1. The van der Waals surface area contributed by atoms with Crippen molar-refractivity contribution >= 4 is 23.1 Å². The largest absolute Gasteiger partial charge is 0.340 e. The van der Waals surface area contributed by atoms with Gasteiger partial charge in [-0.1, -0.05) is 43.6 Å². The van der Waals surface area contributed by atoms with E-state index < -0.39 is 0 Å². The Morgan fingerprint density at radius 2 is 1.89 bits per heavy atom. The van der Waals surface area contributed by atoms with Crippen LogP contribution in [0.3, 0.4) is 0 Å². The lowest BCUT2D eigenvalue weighted by Gasteiger charge is -2.15. The average Bonchev–Trinajstić information content (AvgIpc) is 2.31. The van der Waals surface area contributed by atoms with Crippen LogP contribution in [-0.2, 0) is 0 Å². The molecule has 0 amide bonds. The Bertz CT molecular complexity index is 552. The number of nitrogens with one attached hydrogen (secondary N) is 1. The smallest absolute Gasteiger partial charge is 0.138 e. The fraction of sp³-hybridized carbons (Fsp3) is 0.286. The molecule has 1 N–H and O–H groups in total. The van der Waals surface area contributed by atoms with Gasteiger partial charge in [0.05, 0.1) is 0 Å². The van der Waals surface area contributed by atoms with Gasteiger partial charge in [-0.15, -0.1) is 0 Å². The third kappa shape index (κ3) is 2.62. The van der Waals surface area contributed by atoms with E-state index in [9.17, 15) is 0 Å². The molecule has 2 rings (SSSR count). The molecule has 0 atom stereocenters. The summed E-state index contributed by atoms with van der Waals surface area (Å²) in [5.41, 5.74) is 3.15. The summed E-state index contributed by atoms with van der Waals surface area (Å²) in [5.74, 6) is 1.05. The van der Waals surface area contributed by atoms with Crippen molar-refractivity contribution in [1.29, 1.82) is 0 Å². The molecule has 94 valence electrons. The first-order valence-corrected chi connectivity index (χ1v) is 6.30. The molecule has 1 aromatic carbocycles. The zero-order chi connectivity index (χ0) is 13.1. The lowest BCUT2D eigenvalue weighted by atomic mass is 10.1. The number of anilines is 2. The molecule has 4 heteroatoms. The van der Waals surface area contributed by atoms with Gasteiger partial charge < -0.3 is 5.32 Å². The van der Waals surface area contributed by atoms with Crippen LogP contribution >= 0.6 is 11.6 Å². The van der Waals surface area contributed by atoms with Crippen LogP contribution in [0.2, 0.25) is 5.15 Å². The minimum atomic E-state index is 0.269. The zero-order valence-corrected chi connectivity index (χ0v) is 11.5. The van der Waals surface area contributed by atoms with Crippen molar-refractivity contribution in [3.05, 3.63) is 46.9 Å². The van der Waals surface area contributed by atoms with Crippen molar-refractivity contribution in [2.75, 3.05) is 5.32 Å². The van der Waals surface area contributed by atoms with Crippen molar-refractivity contribution in [2.45, 2.75) is 26.7 Å². The number of aromatic nitrogens is 2. The lowest BCUT2D eigenvalue weighted by Crippen LogP contribution is -2.03. The van der Waals surface area contributed by atoms with Crippen molar-refractivity contribution < 1.29 is 0 Å². The van der Waals surface area contributed by atoms with Crippen LogP contribution < -0.4 is 5.32 Å². The molecule has 0 bridgehead atoms. The summed E-state index contributed by atoms with van der Waals surface area (Å²) in [6, 6.07) is 8.08. The first kappa shape index (κ1) is 12.8. The van der Waals surface area contributed by atoms with Crippen molar-refractivity contribution in [3.8, 4) is 0 Å². The topological polar surface area (TPSA) is 37.8 Å². The number of aryl methyl sites for hydroxylation is 1. The average molecular weight is 262 g/mol. The summed E-state index contributed by atoms with van der Waals surface area (Å²) in [4.78, 5) is 8.33. The molecule has 0 fully saturated rings. The summed E-state index contributed by atoms with van der Waals surface area (Å²) in [7, 11) is 0. The third-order valence-corrected chi connectivity index (χ3v) is 3.11. The molecule has 0 unspecified atom stereocenters. The predicted octanol–water partition coefficient (Wildman–Crippen LogP) is 4.31. The van der Waals surface area contributed by atoms with Gasteiger partial charge in [0, 0.05) is 11.3 Å². The highest BCUT2D eigenvalue weighted by atomic mass is 35.5. The number of nitrogens with zero attached hydrogens (tertiary/aromatic N) is 2. The van der Waals surface area contributed by atoms with E-state index >= 15 is 0 Å². The van der Waals surface area contributed by atoms with E-state index in [2.05, 4.69) is 42.1 Å². The van der Waals surface area contributed by atoms with Crippen LogP contribution in [0.1, 0.15) is 30.9 Å². The van der Waals surface area contributed by atoms with E-state index in [4.69, 9.17) is 11.6 Å². The second-order valence-electron chi connectivity index (χ2n) is 4.52. The number of benzene rings is 1. The van der Waals surface area contributed by atoms with Crippen LogP contribution in [0.4, 0.5) is 11.5 Å². The lowest BCUT2D eigenvalue weighted by molar-refractivity contribution is 0.850. The summed E-state index contributed by atoms with van der Waals surface area (Å²) >= 11 is 6.14. The van der Waals surface area contributed by atoms with E-state index in [0.717, 1.165) is 17.1 Å². The third-order valence-electron chi connectivity index (χ3n) is 2.81. The van der Waals surface area contributed by atoms with Gasteiger partial charge in [-0.25, -0.2) is 9.97 Å². The Morgan fingerprint density at radius 3 is 2.56 bits per heavy atom. The number of para-hydroxylation sites is 1. The summed E-state index contributed by atoms with van der Waals surface area (Å²) in [6.07, 6.45) is 1.48. The van der Waals surface area contributed by atoms with Gasteiger partial charge in [0.15, 0.2) is 0 Å². The highest BCUT2D eigenvalue weighted by Crippen LogP contribution is 2.30. The Labute approximate surface area is 112 Å².